The highest BCUT2D eigenvalue weighted by Gasteiger charge is 2.27. The van der Waals surface area contributed by atoms with E-state index in [1.165, 1.54) is 0 Å². The van der Waals surface area contributed by atoms with Crippen molar-refractivity contribution in [3.63, 3.8) is 0 Å². The van der Waals surface area contributed by atoms with Crippen molar-refractivity contribution in [2.75, 3.05) is 16.8 Å². The van der Waals surface area contributed by atoms with E-state index < -0.39 is 17.5 Å². The van der Waals surface area contributed by atoms with E-state index in [2.05, 4.69) is 32.5 Å². The van der Waals surface area contributed by atoms with Crippen LogP contribution >= 0.6 is 0 Å². The van der Waals surface area contributed by atoms with Crippen molar-refractivity contribution in [3.05, 3.63) is 70.5 Å². The predicted octanol–water partition coefficient (Wildman–Crippen LogP) is 4.11. The highest BCUT2D eigenvalue weighted by atomic mass is 16.6. The Kier molecular flexibility index (Phi) is 6.39. The van der Waals surface area contributed by atoms with E-state index in [1.807, 2.05) is 51.1 Å². The van der Waals surface area contributed by atoms with Crippen molar-refractivity contribution < 1.29 is 18.7 Å². The maximum absolute atomic E-state index is 12.2. The smallest absolute Gasteiger partial charge is 0.434 e. The van der Waals surface area contributed by atoms with Crippen LogP contribution in [0.4, 0.5) is 16.2 Å². The molecule has 2 heterocycles. The Morgan fingerprint density at radius 1 is 1.24 bits per heavy atom. The highest BCUT2D eigenvalue weighted by Crippen LogP contribution is 2.37. The van der Waals surface area contributed by atoms with Gasteiger partial charge in [0.15, 0.2) is 0 Å². The number of aromatic nitrogens is 2. The molecule has 0 radical (unpaired) electrons. The summed E-state index contributed by atoms with van der Waals surface area (Å²) in [5.41, 5.74) is 2.09. The summed E-state index contributed by atoms with van der Waals surface area (Å²) in [6.45, 7) is 6.78. The molecule has 2 N–H and O–H groups in total. The summed E-state index contributed by atoms with van der Waals surface area (Å²) < 4.78 is 16.6. The van der Waals surface area contributed by atoms with Gasteiger partial charge in [-0.15, -0.1) is 5.10 Å². The fraction of sp³-hybridized carbons (Fsp3) is 0.375. The van der Waals surface area contributed by atoms with Gasteiger partial charge in [-0.05, 0) is 51.0 Å². The zero-order valence-corrected chi connectivity index (χ0v) is 19.0. The first-order valence-electron chi connectivity index (χ1n) is 10.9. The van der Waals surface area contributed by atoms with Crippen molar-refractivity contribution in [2.24, 2.45) is 0 Å². The number of aryl methyl sites for hydroxylation is 1. The Balaban J connectivity index is 1.53. The molecule has 0 fully saturated rings. The largest absolute Gasteiger partial charge is 0.486 e. The Bertz CT molecular complexity index is 1150. The van der Waals surface area contributed by atoms with Gasteiger partial charge in [-0.25, -0.2) is 14.7 Å². The van der Waals surface area contributed by atoms with Crippen LogP contribution in [0.1, 0.15) is 38.6 Å². The number of carbonyl (C=O) groups excluding carboxylic acids is 1. The number of amides is 1. The monoisotopic (exact) mass is 452 g/mol. The average molecular weight is 453 g/mol. The molecule has 2 aromatic carbocycles. The minimum atomic E-state index is -0.582. The topological polar surface area (TPSA) is 110 Å². The van der Waals surface area contributed by atoms with Crippen molar-refractivity contribution >= 4 is 17.5 Å². The summed E-state index contributed by atoms with van der Waals surface area (Å²) >= 11 is 0. The maximum Gasteiger partial charge on any atom is 0.434 e. The third-order valence-electron chi connectivity index (χ3n) is 5.04. The van der Waals surface area contributed by atoms with E-state index in [1.54, 1.807) is 6.07 Å². The molecule has 1 amide bonds. The third-order valence-corrected chi connectivity index (χ3v) is 5.04. The number of aromatic amines is 1. The van der Waals surface area contributed by atoms with Gasteiger partial charge in [-0.2, -0.15) is 0 Å². The fourth-order valence-electron chi connectivity index (χ4n) is 3.68. The second kappa shape index (κ2) is 9.40. The lowest BCUT2D eigenvalue weighted by Gasteiger charge is -2.36. The van der Waals surface area contributed by atoms with E-state index in [-0.39, 0.29) is 6.10 Å². The lowest BCUT2D eigenvalue weighted by molar-refractivity contribution is 0.0636. The quantitative estimate of drug-likeness (QED) is 0.579. The number of anilines is 2. The molecule has 9 nitrogen and oxygen atoms in total. The molecule has 0 aliphatic carbocycles. The summed E-state index contributed by atoms with van der Waals surface area (Å²) in [5.74, 6) is 0.525. The first-order valence-corrected chi connectivity index (χ1v) is 10.9. The maximum atomic E-state index is 12.2. The predicted molar refractivity (Wildman–Crippen MR) is 124 cm³/mol. The number of hydrogen-bond acceptors (Lipinski definition) is 7. The third kappa shape index (κ3) is 6.15. The first-order chi connectivity index (χ1) is 15.7. The van der Waals surface area contributed by atoms with E-state index in [0.717, 1.165) is 17.0 Å². The Hall–Kier alpha value is -3.75. The second-order valence-corrected chi connectivity index (χ2v) is 8.96. The van der Waals surface area contributed by atoms with Crippen LogP contribution in [0, 0.1) is 0 Å². The van der Waals surface area contributed by atoms with Gasteiger partial charge in [0.25, 0.3) is 0 Å². The zero-order valence-electron chi connectivity index (χ0n) is 19.0. The van der Waals surface area contributed by atoms with Crippen molar-refractivity contribution in [1.29, 1.82) is 0 Å². The minimum Gasteiger partial charge on any atom is -0.486 e. The van der Waals surface area contributed by atoms with Crippen LogP contribution in [0.2, 0.25) is 0 Å². The van der Waals surface area contributed by atoms with Crippen molar-refractivity contribution in [2.45, 2.75) is 51.9 Å². The van der Waals surface area contributed by atoms with Crippen LogP contribution in [-0.4, -0.2) is 34.5 Å². The van der Waals surface area contributed by atoms with Gasteiger partial charge < -0.3 is 18.8 Å². The molecule has 0 saturated heterocycles. The normalized spacial score (nSPS) is 15.5. The molecule has 4 rings (SSSR count). The van der Waals surface area contributed by atoms with E-state index in [4.69, 9.17) is 13.9 Å². The van der Waals surface area contributed by atoms with Crippen LogP contribution in [0.15, 0.2) is 57.7 Å². The van der Waals surface area contributed by atoms with E-state index in [0.29, 0.717) is 37.5 Å². The number of benzene rings is 2. The van der Waals surface area contributed by atoms with Crippen molar-refractivity contribution in [1.82, 2.24) is 10.2 Å². The SMILES string of the molecule is CC(C)(C)OC(=O)Nc1ccc2c(c1)N(Cc1ccccc1)C[C@H](CCc1n[nH]c(=O)o1)O2. The molecular formula is C24H28N4O5. The summed E-state index contributed by atoms with van der Waals surface area (Å²) in [4.78, 5) is 25.6. The average Bonchev–Trinajstić information content (AvgIpc) is 3.17. The van der Waals surface area contributed by atoms with Gasteiger partial charge in [0.2, 0.25) is 5.89 Å². The summed E-state index contributed by atoms with van der Waals surface area (Å²) in [7, 11) is 0. The Labute approximate surface area is 191 Å². The Morgan fingerprint density at radius 2 is 2.03 bits per heavy atom. The van der Waals surface area contributed by atoms with Gasteiger partial charge in [0, 0.05) is 18.7 Å². The number of rotatable bonds is 6. The molecule has 0 bridgehead atoms. The number of H-pyrrole nitrogens is 1. The molecule has 1 atom stereocenters. The van der Waals surface area contributed by atoms with Crippen LogP contribution < -0.4 is 20.7 Å². The highest BCUT2D eigenvalue weighted by molar-refractivity contribution is 5.86. The van der Waals surface area contributed by atoms with Gasteiger partial charge in [-0.1, -0.05) is 30.3 Å². The van der Waals surface area contributed by atoms with E-state index >= 15 is 0 Å². The molecule has 3 aromatic rings. The molecule has 0 saturated carbocycles. The molecule has 1 aromatic heterocycles. The fourth-order valence-corrected chi connectivity index (χ4v) is 3.68. The van der Waals surface area contributed by atoms with Gasteiger partial charge in [0.05, 0.1) is 12.2 Å². The van der Waals surface area contributed by atoms with Gasteiger partial charge in [0.1, 0.15) is 17.5 Å². The number of fused-ring (bicyclic) bond motifs is 1. The molecule has 1 aliphatic heterocycles. The van der Waals surface area contributed by atoms with Crippen LogP contribution in [0.25, 0.3) is 0 Å². The summed E-state index contributed by atoms with van der Waals surface area (Å²) in [6.07, 6.45) is 0.493. The van der Waals surface area contributed by atoms with Crippen LogP contribution in [0.3, 0.4) is 0 Å². The second-order valence-electron chi connectivity index (χ2n) is 8.96. The number of nitrogens with zero attached hydrogens (tertiary/aromatic N) is 2. The molecular weight excluding hydrogens is 424 g/mol. The van der Waals surface area contributed by atoms with Gasteiger partial charge >= 0.3 is 11.8 Å². The summed E-state index contributed by atoms with van der Waals surface area (Å²) in [5, 5.41) is 8.95. The minimum absolute atomic E-state index is 0.118. The standard InChI is InChI=1S/C24H28N4O5/c1-24(2,3)33-22(29)25-17-9-11-20-19(13-17)28(14-16-7-5-4-6-8-16)15-18(31-20)10-12-21-26-27-23(30)32-21/h4-9,11,13,18H,10,12,14-15H2,1-3H3,(H,25,29)(H,27,30)/t18-/m0/s1. The van der Waals surface area contributed by atoms with Crippen LogP contribution in [-0.2, 0) is 17.7 Å². The molecule has 33 heavy (non-hydrogen) atoms. The lowest BCUT2D eigenvalue weighted by Crippen LogP contribution is -2.40. The lowest BCUT2D eigenvalue weighted by atomic mass is 10.1. The van der Waals surface area contributed by atoms with E-state index in [9.17, 15) is 9.59 Å². The first kappa shape index (κ1) is 22.4. The number of nitrogens with one attached hydrogen (secondary N) is 2. The van der Waals surface area contributed by atoms with Crippen molar-refractivity contribution in [3.8, 4) is 5.75 Å². The van der Waals surface area contributed by atoms with Gasteiger partial charge in [-0.3, -0.25) is 5.32 Å². The zero-order chi connectivity index (χ0) is 23.4. The Morgan fingerprint density at radius 3 is 2.73 bits per heavy atom. The van der Waals surface area contributed by atoms with Crippen LogP contribution in [0.5, 0.6) is 5.75 Å². The summed E-state index contributed by atoms with van der Waals surface area (Å²) in [6, 6.07) is 15.7. The number of carbonyl (C=O) groups is 1. The number of hydrogen-bond donors (Lipinski definition) is 2. The molecule has 9 heteroatoms. The molecule has 1 aliphatic rings. The number of ether oxygens (including phenoxy) is 2. The molecule has 174 valence electrons. The molecule has 0 spiro atoms. The molecule has 0 unspecified atom stereocenters.